The zero-order valence-corrected chi connectivity index (χ0v) is 15.4. The number of ether oxygens (including phenoxy) is 2. The molecule has 0 unspecified atom stereocenters. The molecule has 0 saturated heterocycles. The van der Waals surface area contributed by atoms with Crippen molar-refractivity contribution in [2.45, 2.75) is 32.4 Å². The Labute approximate surface area is 154 Å². The van der Waals surface area contributed by atoms with Gasteiger partial charge in [-0.25, -0.2) is 0 Å². The molecule has 0 spiro atoms. The number of hydrogen-bond donors (Lipinski definition) is 2. The van der Waals surface area contributed by atoms with Crippen LogP contribution in [0.2, 0.25) is 0 Å². The molecule has 2 aromatic carbocycles. The number of hydrogen-bond acceptors (Lipinski definition) is 4. The van der Waals surface area contributed by atoms with Gasteiger partial charge in [-0.15, -0.1) is 0 Å². The van der Waals surface area contributed by atoms with Crippen molar-refractivity contribution in [1.29, 1.82) is 0 Å². The number of amides is 1. The minimum atomic E-state index is -0.0383. The van der Waals surface area contributed by atoms with Gasteiger partial charge in [0.15, 0.2) is 0 Å². The lowest BCUT2D eigenvalue weighted by molar-refractivity contribution is -0.119. The van der Waals surface area contributed by atoms with Gasteiger partial charge in [-0.05, 0) is 47.6 Å². The van der Waals surface area contributed by atoms with Crippen molar-refractivity contribution >= 4 is 11.6 Å². The number of fused-ring (bicyclic) bond motifs is 1. The van der Waals surface area contributed by atoms with Gasteiger partial charge in [0.1, 0.15) is 5.75 Å². The van der Waals surface area contributed by atoms with Crippen LogP contribution in [0, 0.1) is 0 Å². The molecule has 0 saturated carbocycles. The van der Waals surface area contributed by atoms with Gasteiger partial charge in [0.2, 0.25) is 5.91 Å². The lowest BCUT2D eigenvalue weighted by Gasteiger charge is -2.15. The number of benzene rings is 2. The summed E-state index contributed by atoms with van der Waals surface area (Å²) in [4.78, 5) is 12.2. The second-order valence-corrected chi connectivity index (χ2v) is 6.51. The van der Waals surface area contributed by atoms with Crippen LogP contribution >= 0.6 is 0 Å². The molecule has 5 heteroatoms. The SMILES string of the molecule is COCc1ccc(CNC(=O)CNc2c(OC)ccc3c2CCC3)cc1. The number of rotatable bonds is 8. The number of carbonyl (C=O) groups is 1. The Bertz CT molecular complexity index is 757. The molecule has 2 aromatic rings. The van der Waals surface area contributed by atoms with E-state index in [0.29, 0.717) is 13.2 Å². The van der Waals surface area contributed by atoms with Crippen molar-refractivity contribution in [1.82, 2.24) is 5.32 Å². The van der Waals surface area contributed by atoms with E-state index in [1.54, 1.807) is 14.2 Å². The van der Waals surface area contributed by atoms with Gasteiger partial charge >= 0.3 is 0 Å². The standard InChI is InChI=1S/C21H26N2O3/c1-25-14-16-8-6-15(7-9-16)12-22-20(24)13-23-21-18-5-3-4-17(18)10-11-19(21)26-2/h6-11,23H,3-5,12-14H2,1-2H3,(H,22,24). The van der Waals surface area contributed by atoms with E-state index in [4.69, 9.17) is 9.47 Å². The van der Waals surface area contributed by atoms with Gasteiger partial charge in [0.25, 0.3) is 0 Å². The summed E-state index contributed by atoms with van der Waals surface area (Å²) in [5, 5.41) is 6.23. The number of carbonyl (C=O) groups excluding carboxylic acids is 1. The molecule has 1 aliphatic rings. The van der Waals surface area contributed by atoms with Crippen molar-refractivity contribution in [3.63, 3.8) is 0 Å². The third kappa shape index (κ3) is 4.35. The molecule has 0 fully saturated rings. The number of aryl methyl sites for hydroxylation is 1. The summed E-state index contributed by atoms with van der Waals surface area (Å²) in [6.07, 6.45) is 3.28. The fraction of sp³-hybridized carbons (Fsp3) is 0.381. The summed E-state index contributed by atoms with van der Waals surface area (Å²) >= 11 is 0. The Morgan fingerprint density at radius 1 is 1.04 bits per heavy atom. The summed E-state index contributed by atoms with van der Waals surface area (Å²) < 4.78 is 10.6. The van der Waals surface area contributed by atoms with Gasteiger partial charge in [-0.3, -0.25) is 4.79 Å². The molecular formula is C21H26N2O3. The molecule has 0 aliphatic heterocycles. The largest absolute Gasteiger partial charge is 0.495 e. The Hall–Kier alpha value is -2.53. The highest BCUT2D eigenvalue weighted by molar-refractivity contribution is 5.82. The highest BCUT2D eigenvalue weighted by Crippen LogP contribution is 2.36. The minimum Gasteiger partial charge on any atom is -0.495 e. The summed E-state index contributed by atoms with van der Waals surface area (Å²) in [7, 11) is 3.34. The first-order valence-electron chi connectivity index (χ1n) is 8.97. The maximum atomic E-state index is 12.2. The Morgan fingerprint density at radius 2 is 1.81 bits per heavy atom. The highest BCUT2D eigenvalue weighted by Gasteiger charge is 2.18. The van der Waals surface area contributed by atoms with Gasteiger partial charge in [0, 0.05) is 13.7 Å². The molecular weight excluding hydrogens is 328 g/mol. The number of nitrogens with one attached hydrogen (secondary N) is 2. The van der Waals surface area contributed by atoms with Crippen molar-refractivity contribution in [2.75, 3.05) is 26.1 Å². The van der Waals surface area contributed by atoms with E-state index in [0.717, 1.165) is 41.8 Å². The van der Waals surface area contributed by atoms with E-state index in [9.17, 15) is 4.79 Å². The van der Waals surface area contributed by atoms with E-state index in [1.807, 2.05) is 30.3 Å². The van der Waals surface area contributed by atoms with Gasteiger partial charge in [-0.2, -0.15) is 0 Å². The van der Waals surface area contributed by atoms with Crippen molar-refractivity contribution in [3.8, 4) is 5.75 Å². The first kappa shape index (κ1) is 18.3. The van der Waals surface area contributed by atoms with Crippen molar-refractivity contribution < 1.29 is 14.3 Å². The molecule has 1 amide bonds. The maximum absolute atomic E-state index is 12.2. The second kappa shape index (κ2) is 8.72. The predicted molar refractivity (Wildman–Crippen MR) is 103 cm³/mol. The van der Waals surface area contributed by atoms with Crippen LogP contribution in [0.25, 0.3) is 0 Å². The fourth-order valence-corrected chi connectivity index (χ4v) is 3.36. The van der Waals surface area contributed by atoms with E-state index >= 15 is 0 Å². The zero-order valence-electron chi connectivity index (χ0n) is 15.4. The predicted octanol–water partition coefficient (Wildman–Crippen LogP) is 3.06. The molecule has 0 aromatic heterocycles. The number of methoxy groups -OCH3 is 2. The second-order valence-electron chi connectivity index (χ2n) is 6.51. The molecule has 0 bridgehead atoms. The van der Waals surface area contributed by atoms with Crippen LogP contribution in [0.3, 0.4) is 0 Å². The molecule has 26 heavy (non-hydrogen) atoms. The van der Waals surface area contributed by atoms with Gasteiger partial charge in [0.05, 0.1) is 25.9 Å². The maximum Gasteiger partial charge on any atom is 0.239 e. The molecule has 0 heterocycles. The van der Waals surface area contributed by atoms with Crippen molar-refractivity contribution in [3.05, 3.63) is 58.7 Å². The normalized spacial score (nSPS) is 12.5. The van der Waals surface area contributed by atoms with Crippen LogP contribution < -0.4 is 15.4 Å². The van der Waals surface area contributed by atoms with Crippen LogP contribution in [0.15, 0.2) is 36.4 Å². The Balaban J connectivity index is 1.54. The van der Waals surface area contributed by atoms with Crippen LogP contribution in [-0.2, 0) is 35.5 Å². The minimum absolute atomic E-state index is 0.0383. The third-order valence-electron chi connectivity index (χ3n) is 4.71. The van der Waals surface area contributed by atoms with Crippen LogP contribution in [-0.4, -0.2) is 26.7 Å². The average molecular weight is 354 g/mol. The number of anilines is 1. The van der Waals surface area contributed by atoms with E-state index < -0.39 is 0 Å². The highest BCUT2D eigenvalue weighted by atomic mass is 16.5. The molecule has 138 valence electrons. The van der Waals surface area contributed by atoms with Gasteiger partial charge < -0.3 is 20.1 Å². The molecule has 1 aliphatic carbocycles. The smallest absolute Gasteiger partial charge is 0.239 e. The van der Waals surface area contributed by atoms with Gasteiger partial charge in [-0.1, -0.05) is 30.3 Å². The summed E-state index contributed by atoms with van der Waals surface area (Å²) in [6, 6.07) is 12.2. The van der Waals surface area contributed by atoms with Crippen LogP contribution in [0.5, 0.6) is 5.75 Å². The molecule has 0 radical (unpaired) electrons. The zero-order chi connectivity index (χ0) is 18.4. The lowest BCUT2D eigenvalue weighted by Crippen LogP contribution is -2.29. The summed E-state index contributed by atoms with van der Waals surface area (Å²) in [5.41, 5.74) is 5.78. The lowest BCUT2D eigenvalue weighted by atomic mass is 10.1. The molecule has 5 nitrogen and oxygen atoms in total. The average Bonchev–Trinajstić information content (AvgIpc) is 3.14. The Morgan fingerprint density at radius 3 is 2.54 bits per heavy atom. The van der Waals surface area contributed by atoms with E-state index in [-0.39, 0.29) is 12.5 Å². The topological polar surface area (TPSA) is 59.6 Å². The molecule has 2 N–H and O–H groups in total. The first-order chi connectivity index (χ1) is 12.7. The molecule has 0 atom stereocenters. The van der Waals surface area contributed by atoms with E-state index in [2.05, 4.69) is 16.7 Å². The fourth-order valence-electron chi connectivity index (χ4n) is 3.36. The quantitative estimate of drug-likeness (QED) is 0.765. The molecule has 3 rings (SSSR count). The van der Waals surface area contributed by atoms with E-state index in [1.165, 1.54) is 11.1 Å². The monoisotopic (exact) mass is 354 g/mol. The van der Waals surface area contributed by atoms with Crippen molar-refractivity contribution in [2.24, 2.45) is 0 Å². The Kier molecular flexibility index (Phi) is 6.12. The van der Waals surface area contributed by atoms with Crippen LogP contribution in [0.4, 0.5) is 5.69 Å². The third-order valence-corrected chi connectivity index (χ3v) is 4.71. The summed E-state index contributed by atoms with van der Waals surface area (Å²) in [6.45, 7) is 1.34. The first-order valence-corrected chi connectivity index (χ1v) is 8.97. The van der Waals surface area contributed by atoms with Crippen LogP contribution in [0.1, 0.15) is 28.7 Å². The summed E-state index contributed by atoms with van der Waals surface area (Å²) in [5.74, 6) is 0.760.